The Labute approximate surface area is 128 Å². The molecule has 0 aliphatic carbocycles. The molecule has 1 aromatic carbocycles. The van der Waals surface area contributed by atoms with Crippen molar-refractivity contribution in [1.29, 1.82) is 0 Å². The highest BCUT2D eigenvalue weighted by Gasteiger charge is 2.24. The van der Waals surface area contributed by atoms with Crippen LogP contribution in [0.3, 0.4) is 0 Å². The summed E-state index contributed by atoms with van der Waals surface area (Å²) in [6.45, 7) is 0. The number of amides is 1. The second-order valence-corrected chi connectivity index (χ2v) is 8.04. The Morgan fingerprint density at radius 1 is 1.20 bits per heavy atom. The van der Waals surface area contributed by atoms with Gasteiger partial charge in [0.2, 0.25) is 5.91 Å². The van der Waals surface area contributed by atoms with Gasteiger partial charge in [0, 0.05) is 6.04 Å². The molecule has 0 spiro atoms. The third-order valence-electron chi connectivity index (χ3n) is 3.27. The number of carbonyl (C=O) groups is 1. The van der Waals surface area contributed by atoms with E-state index in [2.05, 4.69) is 5.32 Å². The molecule has 1 amide bonds. The quantitative estimate of drug-likeness (QED) is 0.921. The monoisotopic (exact) mass is 335 g/mol. The molecule has 0 radical (unpaired) electrons. The van der Waals surface area contributed by atoms with Crippen molar-refractivity contribution < 1.29 is 13.2 Å². The number of sulfone groups is 1. The number of halogens is 2. The molecule has 2 rings (SSSR count). The number of carbonyl (C=O) groups excluding carboxylic acids is 1. The van der Waals surface area contributed by atoms with Crippen molar-refractivity contribution in [2.75, 3.05) is 11.5 Å². The number of nitrogens with one attached hydrogen (secondary N) is 1. The molecule has 1 saturated heterocycles. The fourth-order valence-corrected chi connectivity index (χ4v) is 3.96. The van der Waals surface area contributed by atoms with E-state index in [1.54, 1.807) is 18.2 Å². The first-order valence-corrected chi connectivity index (χ1v) is 8.87. The standard InChI is InChI=1S/C13H15Cl2NO3S/c14-11-2-1-9(7-12(11)15)8-13(17)16-10-3-5-20(18,19)6-4-10/h1-2,7,10H,3-6,8H2,(H,16,17). The van der Waals surface area contributed by atoms with E-state index in [4.69, 9.17) is 23.2 Å². The predicted molar refractivity (Wildman–Crippen MR) is 80.0 cm³/mol. The first-order chi connectivity index (χ1) is 9.35. The van der Waals surface area contributed by atoms with Crippen LogP contribution < -0.4 is 5.32 Å². The van der Waals surface area contributed by atoms with Gasteiger partial charge in [0.15, 0.2) is 0 Å². The summed E-state index contributed by atoms with van der Waals surface area (Å²) in [5, 5.41) is 3.73. The lowest BCUT2D eigenvalue weighted by Crippen LogP contribution is -2.41. The second-order valence-electron chi connectivity index (χ2n) is 4.92. The van der Waals surface area contributed by atoms with Crippen molar-refractivity contribution in [3.05, 3.63) is 33.8 Å². The summed E-state index contributed by atoms with van der Waals surface area (Å²) >= 11 is 11.7. The van der Waals surface area contributed by atoms with E-state index in [0.717, 1.165) is 5.56 Å². The lowest BCUT2D eigenvalue weighted by molar-refractivity contribution is -0.121. The first kappa shape index (κ1) is 15.6. The van der Waals surface area contributed by atoms with Crippen LogP contribution in [0.1, 0.15) is 18.4 Å². The number of benzene rings is 1. The lowest BCUT2D eigenvalue weighted by atomic mass is 10.1. The molecule has 1 fully saturated rings. The Morgan fingerprint density at radius 2 is 1.85 bits per heavy atom. The van der Waals surface area contributed by atoms with Crippen LogP contribution in [0.5, 0.6) is 0 Å². The molecule has 1 aliphatic rings. The Bertz CT molecular complexity index is 602. The highest BCUT2D eigenvalue weighted by molar-refractivity contribution is 7.91. The summed E-state index contributed by atoms with van der Waals surface area (Å²) in [5.74, 6) is 0.155. The summed E-state index contributed by atoms with van der Waals surface area (Å²) in [6, 6.07) is 5.00. The summed E-state index contributed by atoms with van der Waals surface area (Å²) in [4.78, 5) is 11.9. The van der Waals surface area contributed by atoms with Crippen molar-refractivity contribution in [3.63, 3.8) is 0 Å². The van der Waals surface area contributed by atoms with Gasteiger partial charge in [-0.3, -0.25) is 4.79 Å². The SMILES string of the molecule is O=C(Cc1ccc(Cl)c(Cl)c1)NC1CCS(=O)(=O)CC1. The van der Waals surface area contributed by atoms with Gasteiger partial charge in [-0.25, -0.2) is 8.42 Å². The van der Waals surface area contributed by atoms with Crippen LogP contribution in [-0.2, 0) is 21.1 Å². The Kier molecular flexibility index (Phi) is 4.94. The maximum Gasteiger partial charge on any atom is 0.224 e. The van der Waals surface area contributed by atoms with E-state index in [0.29, 0.717) is 22.9 Å². The molecule has 0 atom stereocenters. The van der Waals surface area contributed by atoms with Crippen molar-refractivity contribution in [3.8, 4) is 0 Å². The van der Waals surface area contributed by atoms with Gasteiger partial charge in [-0.15, -0.1) is 0 Å². The van der Waals surface area contributed by atoms with Crippen LogP contribution in [0.15, 0.2) is 18.2 Å². The van der Waals surface area contributed by atoms with E-state index in [1.165, 1.54) is 0 Å². The van der Waals surface area contributed by atoms with Gasteiger partial charge in [-0.2, -0.15) is 0 Å². The molecule has 7 heteroatoms. The van der Waals surface area contributed by atoms with Crippen molar-refractivity contribution in [1.82, 2.24) is 5.32 Å². The van der Waals surface area contributed by atoms with Crippen LogP contribution in [0.25, 0.3) is 0 Å². The van der Waals surface area contributed by atoms with Gasteiger partial charge >= 0.3 is 0 Å². The van der Waals surface area contributed by atoms with Gasteiger partial charge in [0.05, 0.1) is 28.0 Å². The van der Waals surface area contributed by atoms with Crippen LogP contribution in [0.4, 0.5) is 0 Å². The smallest absolute Gasteiger partial charge is 0.224 e. The Balaban J connectivity index is 1.88. The maximum atomic E-state index is 11.9. The number of hydrogen-bond donors (Lipinski definition) is 1. The molecule has 1 N–H and O–H groups in total. The van der Waals surface area contributed by atoms with Gasteiger partial charge in [-0.1, -0.05) is 29.3 Å². The van der Waals surface area contributed by atoms with Crippen molar-refractivity contribution in [2.24, 2.45) is 0 Å². The molecule has 20 heavy (non-hydrogen) atoms. The zero-order valence-electron chi connectivity index (χ0n) is 10.7. The normalized spacial score (nSPS) is 18.7. The van der Waals surface area contributed by atoms with E-state index in [-0.39, 0.29) is 29.9 Å². The third kappa shape index (κ3) is 4.36. The zero-order chi connectivity index (χ0) is 14.8. The molecule has 1 heterocycles. The number of rotatable bonds is 3. The van der Waals surface area contributed by atoms with Gasteiger partial charge in [0.25, 0.3) is 0 Å². The van der Waals surface area contributed by atoms with Crippen LogP contribution in [0.2, 0.25) is 10.0 Å². The topological polar surface area (TPSA) is 63.2 Å². The van der Waals surface area contributed by atoms with Gasteiger partial charge < -0.3 is 5.32 Å². The molecular weight excluding hydrogens is 321 g/mol. The Hall–Kier alpha value is -0.780. The minimum absolute atomic E-state index is 0.0613. The molecule has 110 valence electrons. The molecule has 0 unspecified atom stereocenters. The van der Waals surface area contributed by atoms with Crippen LogP contribution in [0, 0.1) is 0 Å². The first-order valence-electron chi connectivity index (χ1n) is 6.29. The summed E-state index contributed by atoms with van der Waals surface area (Å²) in [6.07, 6.45) is 1.17. The molecule has 1 aromatic rings. The maximum absolute atomic E-state index is 11.9. The average Bonchev–Trinajstić information content (AvgIpc) is 2.36. The predicted octanol–water partition coefficient (Wildman–Crippen LogP) is 2.23. The van der Waals surface area contributed by atoms with Crippen molar-refractivity contribution >= 4 is 38.9 Å². The van der Waals surface area contributed by atoms with Crippen molar-refractivity contribution in [2.45, 2.75) is 25.3 Å². The number of hydrogen-bond acceptors (Lipinski definition) is 3. The van der Waals surface area contributed by atoms with Crippen LogP contribution in [-0.4, -0.2) is 31.9 Å². The van der Waals surface area contributed by atoms with E-state index in [1.807, 2.05) is 0 Å². The summed E-state index contributed by atoms with van der Waals surface area (Å²) in [7, 11) is -2.90. The lowest BCUT2D eigenvalue weighted by Gasteiger charge is -2.23. The van der Waals surface area contributed by atoms with Gasteiger partial charge in [-0.05, 0) is 30.5 Å². The van der Waals surface area contributed by atoms with Crippen LogP contribution >= 0.6 is 23.2 Å². The summed E-state index contributed by atoms with van der Waals surface area (Å²) in [5.41, 5.74) is 0.778. The average molecular weight is 336 g/mol. The minimum Gasteiger partial charge on any atom is -0.353 e. The minimum atomic E-state index is -2.90. The van der Waals surface area contributed by atoms with E-state index >= 15 is 0 Å². The molecule has 0 aromatic heterocycles. The summed E-state index contributed by atoms with van der Waals surface area (Å²) < 4.78 is 22.6. The molecule has 4 nitrogen and oxygen atoms in total. The molecule has 1 aliphatic heterocycles. The third-order valence-corrected chi connectivity index (χ3v) is 5.72. The highest BCUT2D eigenvalue weighted by Crippen LogP contribution is 2.22. The van der Waals surface area contributed by atoms with E-state index in [9.17, 15) is 13.2 Å². The van der Waals surface area contributed by atoms with Gasteiger partial charge in [0.1, 0.15) is 9.84 Å². The fraction of sp³-hybridized carbons (Fsp3) is 0.462. The zero-order valence-corrected chi connectivity index (χ0v) is 13.1. The fourth-order valence-electron chi connectivity index (χ4n) is 2.15. The van der Waals surface area contributed by atoms with E-state index < -0.39 is 9.84 Å². The second kappa shape index (κ2) is 6.33. The molecule has 0 saturated carbocycles. The Morgan fingerprint density at radius 3 is 2.45 bits per heavy atom. The molecular formula is C13H15Cl2NO3S. The largest absolute Gasteiger partial charge is 0.353 e. The molecule has 0 bridgehead atoms. The highest BCUT2D eigenvalue weighted by atomic mass is 35.5.